The van der Waals surface area contributed by atoms with E-state index < -0.39 is 0 Å². The monoisotopic (exact) mass is 263 g/mol. The second-order valence-corrected chi connectivity index (χ2v) is 4.96. The van der Waals surface area contributed by atoms with E-state index in [1.165, 1.54) is 0 Å². The molecule has 1 fully saturated rings. The number of methoxy groups -OCH3 is 1. The van der Waals surface area contributed by atoms with Gasteiger partial charge >= 0.3 is 6.03 Å². The van der Waals surface area contributed by atoms with Crippen LogP contribution in [0.1, 0.15) is 19.8 Å². The van der Waals surface area contributed by atoms with Gasteiger partial charge in [0.1, 0.15) is 5.75 Å². The van der Waals surface area contributed by atoms with E-state index in [9.17, 15) is 4.79 Å². The molecule has 2 atom stereocenters. The first kappa shape index (κ1) is 13.7. The fourth-order valence-corrected chi connectivity index (χ4v) is 2.45. The molecule has 0 aromatic heterocycles. The van der Waals surface area contributed by atoms with Crippen LogP contribution in [0.4, 0.5) is 10.5 Å². The minimum atomic E-state index is -0.0936. The molecule has 0 bridgehead atoms. The number of hydrogen-bond acceptors (Lipinski definition) is 3. The molecule has 2 rings (SSSR count). The smallest absolute Gasteiger partial charge is 0.322 e. The Balaban J connectivity index is 2.04. The van der Waals surface area contributed by atoms with E-state index in [0.717, 1.165) is 12.8 Å². The van der Waals surface area contributed by atoms with Crippen LogP contribution in [-0.2, 0) is 0 Å². The largest absolute Gasteiger partial charge is 0.495 e. The molecule has 2 unspecified atom stereocenters. The number of amides is 2. The number of carbonyl (C=O) groups excluding carboxylic acids is 1. The van der Waals surface area contributed by atoms with Crippen LogP contribution in [0.2, 0.25) is 0 Å². The molecular formula is C14H21N3O2. The molecule has 1 heterocycles. The number of ether oxygens (including phenoxy) is 1. The van der Waals surface area contributed by atoms with Crippen molar-refractivity contribution in [3.8, 4) is 5.75 Å². The maximum absolute atomic E-state index is 12.3. The number of likely N-dealkylation sites (tertiary alicyclic amines) is 1. The van der Waals surface area contributed by atoms with Gasteiger partial charge in [0.25, 0.3) is 0 Å². The maximum Gasteiger partial charge on any atom is 0.322 e. The van der Waals surface area contributed by atoms with Crippen molar-refractivity contribution in [3.63, 3.8) is 0 Å². The molecule has 1 aliphatic heterocycles. The Labute approximate surface area is 113 Å². The highest BCUT2D eigenvalue weighted by Crippen LogP contribution is 2.24. The van der Waals surface area contributed by atoms with Crippen LogP contribution in [0.3, 0.4) is 0 Å². The minimum Gasteiger partial charge on any atom is -0.495 e. The van der Waals surface area contributed by atoms with Gasteiger partial charge in [-0.1, -0.05) is 12.1 Å². The molecule has 19 heavy (non-hydrogen) atoms. The lowest BCUT2D eigenvalue weighted by molar-refractivity contribution is 0.163. The molecule has 0 saturated carbocycles. The van der Waals surface area contributed by atoms with Crippen molar-refractivity contribution >= 4 is 11.7 Å². The predicted molar refractivity (Wildman–Crippen MR) is 75.4 cm³/mol. The van der Waals surface area contributed by atoms with Gasteiger partial charge < -0.3 is 20.7 Å². The average Bonchev–Trinajstić information content (AvgIpc) is 2.39. The molecule has 0 spiro atoms. The highest BCUT2D eigenvalue weighted by molar-refractivity contribution is 5.91. The van der Waals surface area contributed by atoms with E-state index in [0.29, 0.717) is 18.0 Å². The van der Waals surface area contributed by atoms with Crippen LogP contribution in [0.5, 0.6) is 5.75 Å². The zero-order valence-electron chi connectivity index (χ0n) is 11.4. The Kier molecular flexibility index (Phi) is 4.27. The Morgan fingerprint density at radius 2 is 2.21 bits per heavy atom. The van der Waals surface area contributed by atoms with E-state index in [2.05, 4.69) is 5.32 Å². The Bertz CT molecular complexity index is 450. The standard InChI is InChI=1S/C14H21N3O2/c1-10-9-11(15)7-8-17(10)14(18)16-12-5-3-4-6-13(12)19-2/h3-6,10-11H,7-9,15H2,1-2H3,(H,16,18). The number of para-hydroxylation sites is 2. The van der Waals surface area contributed by atoms with Crippen molar-refractivity contribution in [1.29, 1.82) is 0 Å². The summed E-state index contributed by atoms with van der Waals surface area (Å²) < 4.78 is 5.22. The lowest BCUT2D eigenvalue weighted by Crippen LogP contribution is -2.49. The molecule has 1 aromatic carbocycles. The summed E-state index contributed by atoms with van der Waals surface area (Å²) in [6.45, 7) is 2.73. The van der Waals surface area contributed by atoms with Gasteiger partial charge in [-0.05, 0) is 31.9 Å². The number of carbonyl (C=O) groups is 1. The third kappa shape index (κ3) is 3.17. The second kappa shape index (κ2) is 5.93. The molecule has 1 aromatic rings. The third-order valence-corrected chi connectivity index (χ3v) is 3.53. The van der Waals surface area contributed by atoms with Crippen LogP contribution >= 0.6 is 0 Å². The Morgan fingerprint density at radius 3 is 2.89 bits per heavy atom. The summed E-state index contributed by atoms with van der Waals surface area (Å²) in [5.41, 5.74) is 6.60. The maximum atomic E-state index is 12.3. The number of piperidine rings is 1. The number of urea groups is 1. The van der Waals surface area contributed by atoms with Gasteiger partial charge in [0.05, 0.1) is 12.8 Å². The molecule has 0 aliphatic carbocycles. The molecule has 104 valence electrons. The van der Waals surface area contributed by atoms with Crippen molar-refractivity contribution < 1.29 is 9.53 Å². The van der Waals surface area contributed by atoms with Crippen molar-refractivity contribution in [2.24, 2.45) is 5.73 Å². The van der Waals surface area contributed by atoms with Crippen LogP contribution in [0, 0.1) is 0 Å². The third-order valence-electron chi connectivity index (χ3n) is 3.53. The van der Waals surface area contributed by atoms with E-state index in [4.69, 9.17) is 10.5 Å². The van der Waals surface area contributed by atoms with E-state index in [-0.39, 0.29) is 18.1 Å². The Morgan fingerprint density at radius 1 is 1.47 bits per heavy atom. The quantitative estimate of drug-likeness (QED) is 0.858. The zero-order valence-corrected chi connectivity index (χ0v) is 11.4. The van der Waals surface area contributed by atoms with Gasteiger partial charge in [-0.25, -0.2) is 4.79 Å². The average molecular weight is 263 g/mol. The van der Waals surface area contributed by atoms with E-state index in [1.54, 1.807) is 7.11 Å². The van der Waals surface area contributed by atoms with E-state index >= 15 is 0 Å². The summed E-state index contributed by atoms with van der Waals surface area (Å²) in [7, 11) is 1.59. The first-order valence-corrected chi connectivity index (χ1v) is 6.58. The van der Waals surface area contributed by atoms with Gasteiger partial charge in [0, 0.05) is 18.6 Å². The van der Waals surface area contributed by atoms with Crippen molar-refractivity contribution in [3.05, 3.63) is 24.3 Å². The fraction of sp³-hybridized carbons (Fsp3) is 0.500. The van der Waals surface area contributed by atoms with Gasteiger partial charge in [0.2, 0.25) is 0 Å². The summed E-state index contributed by atoms with van der Waals surface area (Å²) in [6.07, 6.45) is 1.70. The molecule has 5 nitrogen and oxygen atoms in total. The summed E-state index contributed by atoms with van der Waals surface area (Å²) in [4.78, 5) is 14.1. The molecule has 0 radical (unpaired) electrons. The highest BCUT2D eigenvalue weighted by atomic mass is 16.5. The zero-order chi connectivity index (χ0) is 13.8. The SMILES string of the molecule is COc1ccccc1NC(=O)N1CCC(N)CC1C. The minimum absolute atomic E-state index is 0.0936. The van der Waals surface area contributed by atoms with Gasteiger partial charge in [0.15, 0.2) is 0 Å². The number of nitrogens with one attached hydrogen (secondary N) is 1. The number of hydrogen-bond donors (Lipinski definition) is 2. The molecular weight excluding hydrogens is 242 g/mol. The molecule has 2 amide bonds. The van der Waals surface area contributed by atoms with Gasteiger partial charge in [-0.15, -0.1) is 0 Å². The molecule has 5 heteroatoms. The van der Waals surface area contributed by atoms with Crippen LogP contribution < -0.4 is 15.8 Å². The summed E-state index contributed by atoms with van der Waals surface area (Å²) >= 11 is 0. The van der Waals surface area contributed by atoms with Crippen molar-refractivity contribution in [2.45, 2.75) is 31.8 Å². The molecule has 1 aliphatic rings. The predicted octanol–water partition coefficient (Wildman–Crippen LogP) is 2.04. The summed E-state index contributed by atoms with van der Waals surface area (Å²) in [5, 5.41) is 2.90. The summed E-state index contributed by atoms with van der Waals surface area (Å²) in [5.74, 6) is 0.664. The molecule has 3 N–H and O–H groups in total. The Hall–Kier alpha value is -1.75. The van der Waals surface area contributed by atoms with E-state index in [1.807, 2.05) is 36.1 Å². The lowest BCUT2D eigenvalue weighted by Gasteiger charge is -2.36. The number of nitrogens with two attached hydrogens (primary N) is 1. The van der Waals surface area contributed by atoms with Gasteiger partial charge in [-0.3, -0.25) is 0 Å². The second-order valence-electron chi connectivity index (χ2n) is 4.96. The van der Waals surface area contributed by atoms with Crippen molar-refractivity contribution in [1.82, 2.24) is 4.90 Å². The highest BCUT2D eigenvalue weighted by Gasteiger charge is 2.27. The number of nitrogens with zero attached hydrogens (tertiary/aromatic N) is 1. The van der Waals surface area contributed by atoms with Gasteiger partial charge in [-0.2, -0.15) is 0 Å². The topological polar surface area (TPSA) is 67.6 Å². The fourth-order valence-electron chi connectivity index (χ4n) is 2.45. The first-order chi connectivity index (χ1) is 9.11. The van der Waals surface area contributed by atoms with Crippen LogP contribution in [-0.4, -0.2) is 36.7 Å². The van der Waals surface area contributed by atoms with Crippen LogP contribution in [0.25, 0.3) is 0 Å². The van der Waals surface area contributed by atoms with Crippen LogP contribution in [0.15, 0.2) is 24.3 Å². The first-order valence-electron chi connectivity index (χ1n) is 6.58. The number of rotatable bonds is 2. The number of anilines is 1. The van der Waals surface area contributed by atoms with Crippen molar-refractivity contribution in [2.75, 3.05) is 19.0 Å². The number of benzene rings is 1. The summed E-state index contributed by atoms with van der Waals surface area (Å²) in [6, 6.07) is 7.67. The normalized spacial score (nSPS) is 23.0. The lowest BCUT2D eigenvalue weighted by atomic mass is 10.00. The molecule has 1 saturated heterocycles.